The van der Waals surface area contributed by atoms with Crippen molar-refractivity contribution in [2.75, 3.05) is 5.32 Å². The molecule has 0 saturated heterocycles. The number of halogens is 1. The fourth-order valence-corrected chi connectivity index (χ4v) is 4.75. The molecule has 34 heavy (non-hydrogen) atoms. The molecule has 4 nitrogen and oxygen atoms in total. The van der Waals surface area contributed by atoms with Gasteiger partial charge in [0.1, 0.15) is 10.7 Å². The standard InChI is InChI=1S/C29H27ClN4/c1-28(2,3)32-27-24-20-31-26(30)19-25(24)34(33-27)29(21-13-7-4-8-14-21,22-15-9-5-10-16-22)23-17-11-6-12-18-23/h4-20H,1-3H3,(H,32,33). The number of aromatic nitrogens is 3. The van der Waals surface area contributed by atoms with E-state index in [1.165, 1.54) is 0 Å². The van der Waals surface area contributed by atoms with Gasteiger partial charge in [0.15, 0.2) is 5.82 Å². The molecule has 0 atom stereocenters. The van der Waals surface area contributed by atoms with Gasteiger partial charge in [0.25, 0.3) is 0 Å². The average molecular weight is 467 g/mol. The summed E-state index contributed by atoms with van der Waals surface area (Å²) in [7, 11) is 0. The van der Waals surface area contributed by atoms with Crippen LogP contribution in [0.25, 0.3) is 10.9 Å². The SMILES string of the molecule is CC(C)(C)Nc1nn(C(c2ccccc2)(c2ccccc2)c2ccccc2)c2cc(Cl)ncc12. The van der Waals surface area contributed by atoms with E-state index in [0.29, 0.717) is 5.15 Å². The highest BCUT2D eigenvalue weighted by Gasteiger charge is 2.41. The van der Waals surface area contributed by atoms with Crippen molar-refractivity contribution in [3.8, 4) is 0 Å². The van der Waals surface area contributed by atoms with E-state index in [1.54, 1.807) is 6.20 Å². The van der Waals surface area contributed by atoms with Gasteiger partial charge in [-0.1, -0.05) is 103 Å². The van der Waals surface area contributed by atoms with Crippen molar-refractivity contribution >= 4 is 28.3 Å². The Labute approximate surface area is 205 Å². The Hall–Kier alpha value is -3.63. The summed E-state index contributed by atoms with van der Waals surface area (Å²) in [6, 6.07) is 33.4. The number of rotatable bonds is 5. The number of fused-ring (bicyclic) bond motifs is 1. The van der Waals surface area contributed by atoms with Gasteiger partial charge in [-0.15, -0.1) is 0 Å². The number of pyridine rings is 1. The Bertz CT molecular complexity index is 1310. The predicted octanol–water partition coefficient (Wildman–Crippen LogP) is 7.14. The molecule has 0 spiro atoms. The van der Waals surface area contributed by atoms with Crippen LogP contribution in [-0.2, 0) is 5.54 Å². The minimum Gasteiger partial charge on any atom is -0.363 e. The maximum atomic E-state index is 6.45. The summed E-state index contributed by atoms with van der Waals surface area (Å²) in [6.45, 7) is 6.38. The van der Waals surface area contributed by atoms with E-state index < -0.39 is 5.54 Å². The molecule has 0 amide bonds. The summed E-state index contributed by atoms with van der Waals surface area (Å²) in [5, 5.41) is 10.2. The van der Waals surface area contributed by atoms with E-state index in [-0.39, 0.29) is 5.54 Å². The van der Waals surface area contributed by atoms with Crippen LogP contribution >= 0.6 is 11.6 Å². The van der Waals surface area contributed by atoms with E-state index in [0.717, 1.165) is 33.4 Å². The van der Waals surface area contributed by atoms with Gasteiger partial charge in [-0.05, 0) is 37.5 Å². The van der Waals surface area contributed by atoms with Crippen molar-refractivity contribution in [3.63, 3.8) is 0 Å². The molecule has 5 aromatic rings. The zero-order valence-electron chi connectivity index (χ0n) is 19.5. The number of benzene rings is 3. The number of nitrogens with zero attached hydrogens (tertiary/aromatic N) is 3. The minimum absolute atomic E-state index is 0.180. The Morgan fingerprint density at radius 3 is 1.65 bits per heavy atom. The Balaban J connectivity index is 1.96. The lowest BCUT2D eigenvalue weighted by molar-refractivity contribution is 0.475. The molecule has 0 unspecified atom stereocenters. The molecular formula is C29H27ClN4. The highest BCUT2D eigenvalue weighted by atomic mass is 35.5. The third kappa shape index (κ3) is 3.84. The molecule has 0 bridgehead atoms. The van der Waals surface area contributed by atoms with Gasteiger partial charge in [0.05, 0.1) is 10.9 Å². The van der Waals surface area contributed by atoms with Crippen molar-refractivity contribution in [1.82, 2.24) is 14.8 Å². The molecule has 0 aliphatic rings. The first-order valence-corrected chi connectivity index (χ1v) is 11.8. The van der Waals surface area contributed by atoms with Crippen LogP contribution in [0.1, 0.15) is 37.5 Å². The van der Waals surface area contributed by atoms with Gasteiger partial charge >= 0.3 is 0 Å². The van der Waals surface area contributed by atoms with E-state index in [2.05, 4.69) is 109 Å². The van der Waals surface area contributed by atoms with Crippen molar-refractivity contribution in [2.45, 2.75) is 31.8 Å². The summed E-state index contributed by atoms with van der Waals surface area (Å²) in [6.07, 6.45) is 1.81. The van der Waals surface area contributed by atoms with Crippen molar-refractivity contribution in [1.29, 1.82) is 0 Å². The summed E-state index contributed by atoms with van der Waals surface area (Å²) in [4.78, 5) is 4.38. The molecule has 5 heteroatoms. The summed E-state index contributed by atoms with van der Waals surface area (Å²) >= 11 is 6.45. The topological polar surface area (TPSA) is 42.7 Å². The second kappa shape index (κ2) is 8.62. The normalized spacial score (nSPS) is 12.1. The number of nitrogens with one attached hydrogen (secondary N) is 1. The molecule has 0 radical (unpaired) electrons. The molecule has 0 aliphatic heterocycles. The molecule has 0 saturated carbocycles. The van der Waals surface area contributed by atoms with Gasteiger partial charge in [0, 0.05) is 17.8 Å². The lowest BCUT2D eigenvalue weighted by Gasteiger charge is -2.37. The predicted molar refractivity (Wildman–Crippen MR) is 141 cm³/mol. The number of hydrogen-bond acceptors (Lipinski definition) is 3. The molecule has 2 heterocycles. The number of hydrogen-bond donors (Lipinski definition) is 1. The van der Waals surface area contributed by atoms with Gasteiger partial charge in [-0.2, -0.15) is 5.10 Å². The largest absolute Gasteiger partial charge is 0.363 e. The second-order valence-electron chi connectivity index (χ2n) is 9.47. The van der Waals surface area contributed by atoms with Crippen LogP contribution in [0, 0.1) is 0 Å². The lowest BCUT2D eigenvalue weighted by Crippen LogP contribution is -2.38. The van der Waals surface area contributed by atoms with Crippen molar-refractivity contribution in [3.05, 3.63) is 125 Å². The average Bonchev–Trinajstić information content (AvgIpc) is 3.18. The zero-order chi connectivity index (χ0) is 23.8. The lowest BCUT2D eigenvalue weighted by atomic mass is 9.77. The van der Waals surface area contributed by atoms with E-state index in [4.69, 9.17) is 16.7 Å². The highest BCUT2D eigenvalue weighted by Crippen LogP contribution is 2.43. The first-order valence-electron chi connectivity index (χ1n) is 11.4. The first kappa shape index (κ1) is 22.2. The Kier molecular flexibility index (Phi) is 5.62. The molecule has 0 aliphatic carbocycles. The maximum Gasteiger partial charge on any atom is 0.158 e. The molecule has 1 N–H and O–H groups in total. The van der Waals surface area contributed by atoms with Crippen LogP contribution < -0.4 is 5.32 Å². The smallest absolute Gasteiger partial charge is 0.158 e. The van der Waals surface area contributed by atoms with Crippen LogP contribution in [0.15, 0.2) is 103 Å². The summed E-state index contributed by atoms with van der Waals surface area (Å²) in [5.74, 6) is 0.777. The van der Waals surface area contributed by atoms with Crippen LogP contribution in [0.2, 0.25) is 5.15 Å². The van der Waals surface area contributed by atoms with Gasteiger partial charge in [-0.25, -0.2) is 9.67 Å². The fourth-order valence-electron chi connectivity index (χ4n) is 4.59. The molecule has 2 aromatic heterocycles. The summed E-state index contributed by atoms with van der Waals surface area (Å²) < 4.78 is 2.10. The van der Waals surface area contributed by atoms with Crippen LogP contribution in [-0.4, -0.2) is 20.3 Å². The monoisotopic (exact) mass is 466 g/mol. The van der Waals surface area contributed by atoms with Gasteiger partial charge < -0.3 is 5.32 Å². The van der Waals surface area contributed by atoms with Gasteiger partial charge in [-0.3, -0.25) is 0 Å². The van der Waals surface area contributed by atoms with Crippen LogP contribution in [0.3, 0.4) is 0 Å². The van der Waals surface area contributed by atoms with Crippen LogP contribution in [0.4, 0.5) is 5.82 Å². The van der Waals surface area contributed by atoms with E-state index >= 15 is 0 Å². The van der Waals surface area contributed by atoms with Gasteiger partial charge in [0.2, 0.25) is 0 Å². The fraction of sp³-hybridized carbons (Fsp3) is 0.172. The molecule has 5 rings (SSSR count). The highest BCUT2D eigenvalue weighted by molar-refractivity contribution is 6.30. The van der Waals surface area contributed by atoms with Crippen molar-refractivity contribution < 1.29 is 0 Å². The van der Waals surface area contributed by atoms with E-state index in [1.807, 2.05) is 24.3 Å². The van der Waals surface area contributed by atoms with Crippen LogP contribution in [0.5, 0.6) is 0 Å². The third-order valence-corrected chi connectivity index (χ3v) is 6.12. The zero-order valence-corrected chi connectivity index (χ0v) is 20.3. The maximum absolute atomic E-state index is 6.45. The molecule has 0 fully saturated rings. The quantitative estimate of drug-likeness (QED) is 0.221. The molecular weight excluding hydrogens is 440 g/mol. The van der Waals surface area contributed by atoms with Crippen molar-refractivity contribution in [2.24, 2.45) is 0 Å². The summed E-state index contributed by atoms with van der Waals surface area (Å²) in [5.41, 5.74) is 3.31. The number of anilines is 1. The molecule has 170 valence electrons. The Morgan fingerprint density at radius 1 is 0.735 bits per heavy atom. The second-order valence-corrected chi connectivity index (χ2v) is 9.86. The molecule has 3 aromatic carbocycles. The van der Waals surface area contributed by atoms with E-state index in [9.17, 15) is 0 Å². The minimum atomic E-state index is -0.732. The third-order valence-electron chi connectivity index (χ3n) is 5.92. The Morgan fingerprint density at radius 2 is 1.21 bits per heavy atom. The first-order chi connectivity index (χ1) is 16.4.